The average Bonchev–Trinajstić information content (AvgIpc) is 2.19. The van der Waals surface area contributed by atoms with Crippen LogP contribution in [0.2, 0.25) is 0 Å². The Kier molecular flexibility index (Phi) is 3.07. The van der Waals surface area contributed by atoms with Crippen LogP contribution in [-0.2, 0) is 4.74 Å². The summed E-state index contributed by atoms with van der Waals surface area (Å²) in [5.41, 5.74) is 4.81. The zero-order valence-electron chi connectivity index (χ0n) is 8.68. The highest BCUT2D eigenvalue weighted by atomic mass is 19.1. The summed E-state index contributed by atoms with van der Waals surface area (Å²) in [6.07, 6.45) is 5.14. The molecule has 14 heavy (non-hydrogen) atoms. The predicted octanol–water partition coefficient (Wildman–Crippen LogP) is 2.02. The molecule has 1 saturated carbocycles. The molecule has 0 aromatic rings. The lowest BCUT2D eigenvalue weighted by Crippen LogP contribution is -2.46. The standard InChI is InChI=1S/C11H20FNO/c12-11(5-1-4-10(13)7-11)9-3-2-6-14-8-9/h9-10H,1-8,13H2. The van der Waals surface area contributed by atoms with Crippen LogP contribution in [0, 0.1) is 5.92 Å². The van der Waals surface area contributed by atoms with Crippen LogP contribution in [0.15, 0.2) is 0 Å². The Bertz CT molecular complexity index is 194. The molecule has 2 aliphatic rings. The first-order chi connectivity index (χ1) is 6.71. The van der Waals surface area contributed by atoms with Gasteiger partial charge in [0.1, 0.15) is 5.67 Å². The minimum atomic E-state index is -1.03. The van der Waals surface area contributed by atoms with Crippen molar-refractivity contribution < 1.29 is 9.13 Å². The Balaban J connectivity index is 1.98. The van der Waals surface area contributed by atoms with E-state index in [4.69, 9.17) is 10.5 Å². The van der Waals surface area contributed by atoms with Gasteiger partial charge in [-0.05, 0) is 38.5 Å². The molecule has 2 nitrogen and oxygen atoms in total. The van der Waals surface area contributed by atoms with Gasteiger partial charge in [-0.1, -0.05) is 0 Å². The Labute approximate surface area is 85.0 Å². The fourth-order valence-electron chi connectivity index (χ4n) is 2.82. The first-order valence-corrected chi connectivity index (χ1v) is 5.73. The Morgan fingerprint density at radius 1 is 1.29 bits per heavy atom. The van der Waals surface area contributed by atoms with Crippen LogP contribution >= 0.6 is 0 Å². The maximum atomic E-state index is 14.5. The van der Waals surface area contributed by atoms with E-state index in [1.807, 2.05) is 0 Å². The van der Waals surface area contributed by atoms with Gasteiger partial charge in [0.25, 0.3) is 0 Å². The highest BCUT2D eigenvalue weighted by molar-refractivity contribution is 4.94. The predicted molar refractivity (Wildman–Crippen MR) is 53.8 cm³/mol. The van der Waals surface area contributed by atoms with Gasteiger partial charge in [-0.15, -0.1) is 0 Å². The monoisotopic (exact) mass is 201 g/mol. The molecule has 1 aliphatic carbocycles. The van der Waals surface area contributed by atoms with Crippen molar-refractivity contribution in [1.29, 1.82) is 0 Å². The molecule has 1 saturated heterocycles. The van der Waals surface area contributed by atoms with Crippen LogP contribution in [0.5, 0.6) is 0 Å². The quantitative estimate of drug-likeness (QED) is 0.704. The number of ether oxygens (including phenoxy) is 1. The molecule has 0 bridgehead atoms. The maximum Gasteiger partial charge on any atom is 0.117 e. The molecular weight excluding hydrogens is 181 g/mol. The maximum absolute atomic E-state index is 14.5. The van der Waals surface area contributed by atoms with Crippen molar-refractivity contribution in [3.05, 3.63) is 0 Å². The minimum Gasteiger partial charge on any atom is -0.381 e. The van der Waals surface area contributed by atoms with Crippen molar-refractivity contribution in [2.45, 2.75) is 50.2 Å². The molecule has 0 radical (unpaired) electrons. The average molecular weight is 201 g/mol. The fraction of sp³-hybridized carbons (Fsp3) is 1.00. The number of hydrogen-bond donors (Lipinski definition) is 1. The van der Waals surface area contributed by atoms with E-state index in [0.717, 1.165) is 32.3 Å². The largest absolute Gasteiger partial charge is 0.381 e. The number of rotatable bonds is 1. The van der Waals surface area contributed by atoms with Crippen molar-refractivity contribution in [2.24, 2.45) is 11.7 Å². The zero-order valence-corrected chi connectivity index (χ0v) is 8.68. The van der Waals surface area contributed by atoms with Crippen molar-refractivity contribution in [3.8, 4) is 0 Å². The van der Waals surface area contributed by atoms with Gasteiger partial charge >= 0.3 is 0 Å². The first-order valence-electron chi connectivity index (χ1n) is 5.73. The molecule has 1 heterocycles. The minimum absolute atomic E-state index is 0.0654. The number of alkyl halides is 1. The smallest absolute Gasteiger partial charge is 0.117 e. The Morgan fingerprint density at radius 3 is 2.79 bits per heavy atom. The molecule has 3 heteroatoms. The van der Waals surface area contributed by atoms with Crippen LogP contribution < -0.4 is 5.73 Å². The van der Waals surface area contributed by atoms with Crippen molar-refractivity contribution in [3.63, 3.8) is 0 Å². The number of nitrogens with two attached hydrogens (primary N) is 1. The van der Waals surface area contributed by atoms with Gasteiger partial charge in [-0.2, -0.15) is 0 Å². The van der Waals surface area contributed by atoms with Crippen LogP contribution in [0.1, 0.15) is 38.5 Å². The topological polar surface area (TPSA) is 35.2 Å². The van der Waals surface area contributed by atoms with Gasteiger partial charge in [0.2, 0.25) is 0 Å². The molecule has 82 valence electrons. The highest BCUT2D eigenvalue weighted by Crippen LogP contribution is 2.40. The molecule has 0 amide bonds. The summed E-state index contributed by atoms with van der Waals surface area (Å²) in [7, 11) is 0. The third kappa shape index (κ3) is 2.09. The van der Waals surface area contributed by atoms with E-state index in [1.54, 1.807) is 0 Å². The Morgan fingerprint density at radius 2 is 2.14 bits per heavy atom. The number of halogens is 1. The van der Waals surface area contributed by atoms with E-state index in [2.05, 4.69) is 0 Å². The summed E-state index contributed by atoms with van der Waals surface area (Å²) in [4.78, 5) is 0. The summed E-state index contributed by atoms with van der Waals surface area (Å²) in [6.45, 7) is 1.40. The third-order valence-electron chi connectivity index (χ3n) is 3.66. The fourth-order valence-corrected chi connectivity index (χ4v) is 2.82. The SMILES string of the molecule is NC1CCCC(F)(C2CCCOC2)C1. The second-order valence-electron chi connectivity index (χ2n) is 4.81. The van der Waals surface area contributed by atoms with E-state index in [1.165, 1.54) is 0 Å². The summed E-state index contributed by atoms with van der Waals surface area (Å²) < 4.78 is 19.9. The van der Waals surface area contributed by atoms with Gasteiger partial charge in [-0.25, -0.2) is 4.39 Å². The zero-order chi connectivity index (χ0) is 10.0. The summed E-state index contributed by atoms with van der Waals surface area (Å²) in [5.74, 6) is 0.0996. The summed E-state index contributed by atoms with van der Waals surface area (Å²) >= 11 is 0. The van der Waals surface area contributed by atoms with Gasteiger partial charge in [-0.3, -0.25) is 0 Å². The van der Waals surface area contributed by atoms with Crippen LogP contribution in [-0.4, -0.2) is 24.9 Å². The van der Waals surface area contributed by atoms with Crippen LogP contribution in [0.3, 0.4) is 0 Å². The molecule has 3 atom stereocenters. The molecule has 2 fully saturated rings. The highest BCUT2D eigenvalue weighted by Gasteiger charge is 2.42. The van der Waals surface area contributed by atoms with Crippen molar-refractivity contribution in [2.75, 3.05) is 13.2 Å². The second kappa shape index (κ2) is 4.15. The van der Waals surface area contributed by atoms with Crippen molar-refractivity contribution >= 4 is 0 Å². The van der Waals surface area contributed by atoms with Gasteiger partial charge in [0.15, 0.2) is 0 Å². The molecular formula is C11H20FNO. The van der Waals surface area contributed by atoms with Gasteiger partial charge in [0, 0.05) is 18.6 Å². The van der Waals surface area contributed by atoms with Gasteiger partial charge in [0.05, 0.1) is 6.61 Å². The summed E-state index contributed by atoms with van der Waals surface area (Å²) in [6, 6.07) is 0.0654. The lowest BCUT2D eigenvalue weighted by atomic mass is 9.73. The third-order valence-corrected chi connectivity index (χ3v) is 3.66. The first kappa shape index (κ1) is 10.4. The molecule has 1 aliphatic heterocycles. The van der Waals surface area contributed by atoms with E-state index in [0.29, 0.717) is 19.4 Å². The molecule has 0 aromatic carbocycles. The molecule has 0 spiro atoms. The number of hydrogen-bond acceptors (Lipinski definition) is 2. The molecule has 2 N–H and O–H groups in total. The van der Waals surface area contributed by atoms with Crippen LogP contribution in [0.25, 0.3) is 0 Å². The Hall–Kier alpha value is -0.150. The van der Waals surface area contributed by atoms with Crippen LogP contribution in [0.4, 0.5) is 4.39 Å². The van der Waals surface area contributed by atoms with Crippen molar-refractivity contribution in [1.82, 2.24) is 0 Å². The van der Waals surface area contributed by atoms with Gasteiger partial charge < -0.3 is 10.5 Å². The van der Waals surface area contributed by atoms with E-state index < -0.39 is 5.67 Å². The van der Waals surface area contributed by atoms with E-state index >= 15 is 0 Å². The molecule has 2 rings (SSSR count). The molecule has 0 aromatic heterocycles. The second-order valence-corrected chi connectivity index (χ2v) is 4.81. The lowest BCUT2D eigenvalue weighted by Gasteiger charge is -2.40. The van der Waals surface area contributed by atoms with E-state index in [-0.39, 0.29) is 12.0 Å². The van der Waals surface area contributed by atoms with E-state index in [9.17, 15) is 4.39 Å². The molecule has 3 unspecified atom stereocenters. The summed E-state index contributed by atoms with van der Waals surface area (Å²) in [5, 5.41) is 0. The normalized spacial score (nSPS) is 45.0. The lowest BCUT2D eigenvalue weighted by molar-refractivity contribution is -0.0497.